The van der Waals surface area contributed by atoms with Gasteiger partial charge in [-0.2, -0.15) is 0 Å². The third kappa shape index (κ3) is 21.8. The van der Waals surface area contributed by atoms with E-state index in [9.17, 15) is 4.79 Å². The number of amides is 1. The molecule has 0 rings (SSSR count). The zero-order valence-electron chi connectivity index (χ0n) is 22.3. The molecule has 0 aromatic carbocycles. The molecule has 4 nitrogen and oxygen atoms in total. The lowest BCUT2D eigenvalue weighted by Crippen LogP contribution is -2.58. The first-order valence-electron chi connectivity index (χ1n) is 12.5. The van der Waals surface area contributed by atoms with E-state index in [1.165, 1.54) is 0 Å². The standard InChI is InChI=1S/C22H36Cl3N3OS.2C2H6/c1-5-9-13-18(14-10-6-2)26-21(30)28-20(22(23,24)25)27-19(29)16-15-17(11-7-3)12-8-4;2*1-2/h7-8,11-12,18,20H,3,5-6,9-10,13-16H2,1-2,4H3,(H,27,29)(H2,26,28,30);2*1-2H3/b12-8-,17-11+;;. The number of carbonyl (C=O) groups excluding carboxylic acids is 1. The van der Waals surface area contributed by atoms with Gasteiger partial charge in [0, 0.05) is 12.5 Å². The van der Waals surface area contributed by atoms with Crippen molar-refractivity contribution < 1.29 is 4.79 Å². The third-order valence-electron chi connectivity index (χ3n) is 4.41. The Morgan fingerprint density at radius 2 is 1.50 bits per heavy atom. The minimum absolute atomic E-state index is 0.241. The maximum atomic E-state index is 12.4. The van der Waals surface area contributed by atoms with Crippen LogP contribution < -0.4 is 16.0 Å². The number of allylic oxidation sites excluding steroid dienone is 5. The topological polar surface area (TPSA) is 53.2 Å². The predicted molar refractivity (Wildman–Crippen MR) is 159 cm³/mol. The summed E-state index contributed by atoms with van der Waals surface area (Å²) in [6.07, 6.45) is 13.8. The molecule has 1 atom stereocenters. The van der Waals surface area contributed by atoms with E-state index < -0.39 is 9.96 Å². The second-order valence-electron chi connectivity index (χ2n) is 7.12. The summed E-state index contributed by atoms with van der Waals surface area (Å²) in [5.74, 6) is -0.241. The SMILES string of the molecule is C=C/C=C(\C=C/C)CCC(=O)NC(NC(=S)NC(CCCC)CCCC)C(Cl)(Cl)Cl.CC.CC. The molecule has 0 aliphatic heterocycles. The minimum atomic E-state index is -1.76. The molecule has 0 saturated carbocycles. The third-order valence-corrected chi connectivity index (χ3v) is 5.30. The quantitative estimate of drug-likeness (QED) is 0.0868. The molecular formula is C26H48Cl3N3OS. The lowest BCUT2D eigenvalue weighted by atomic mass is 10.0. The zero-order chi connectivity index (χ0) is 27.0. The normalized spacial score (nSPS) is 12.1. The van der Waals surface area contributed by atoms with Gasteiger partial charge >= 0.3 is 0 Å². The van der Waals surface area contributed by atoms with Gasteiger partial charge in [-0.25, -0.2) is 0 Å². The van der Waals surface area contributed by atoms with Gasteiger partial charge in [-0.15, -0.1) is 0 Å². The first kappa shape index (κ1) is 37.8. The zero-order valence-corrected chi connectivity index (χ0v) is 25.4. The van der Waals surface area contributed by atoms with Crippen LogP contribution in [0, 0.1) is 0 Å². The molecule has 8 heteroatoms. The van der Waals surface area contributed by atoms with E-state index in [4.69, 9.17) is 47.0 Å². The highest BCUT2D eigenvalue weighted by Crippen LogP contribution is 2.29. The summed E-state index contributed by atoms with van der Waals surface area (Å²) >= 11 is 23.7. The molecule has 200 valence electrons. The number of hydrogen-bond donors (Lipinski definition) is 3. The molecule has 0 bridgehead atoms. The van der Waals surface area contributed by atoms with Crippen LogP contribution in [0.3, 0.4) is 0 Å². The molecule has 0 aromatic rings. The first-order chi connectivity index (χ1) is 16.2. The Balaban J connectivity index is -0.00000227. The summed E-state index contributed by atoms with van der Waals surface area (Å²) in [7, 11) is 0. The van der Waals surface area contributed by atoms with Gasteiger partial charge in [0.15, 0.2) is 5.11 Å². The minimum Gasteiger partial charge on any atom is -0.360 e. The highest BCUT2D eigenvalue weighted by molar-refractivity contribution is 7.80. The lowest BCUT2D eigenvalue weighted by Gasteiger charge is -2.29. The van der Waals surface area contributed by atoms with E-state index >= 15 is 0 Å². The second-order valence-corrected chi connectivity index (χ2v) is 9.90. The molecule has 0 aliphatic carbocycles. The first-order valence-corrected chi connectivity index (χ1v) is 14.1. The van der Waals surface area contributed by atoms with Gasteiger partial charge in [0.25, 0.3) is 0 Å². The predicted octanol–water partition coefficient (Wildman–Crippen LogP) is 8.53. The Bertz CT molecular complexity index is 582. The van der Waals surface area contributed by atoms with Crippen LogP contribution in [0.5, 0.6) is 0 Å². The van der Waals surface area contributed by atoms with Crippen LogP contribution in [0.25, 0.3) is 0 Å². The number of nitrogens with one attached hydrogen (secondary N) is 3. The average Bonchev–Trinajstić information content (AvgIpc) is 2.81. The van der Waals surface area contributed by atoms with Crippen molar-refractivity contribution in [1.82, 2.24) is 16.0 Å². The highest BCUT2D eigenvalue weighted by Gasteiger charge is 2.34. The number of rotatable bonds is 14. The van der Waals surface area contributed by atoms with Crippen LogP contribution >= 0.6 is 47.0 Å². The Kier molecular flexibility index (Phi) is 28.2. The van der Waals surface area contributed by atoms with Crippen molar-refractivity contribution in [3.63, 3.8) is 0 Å². The largest absolute Gasteiger partial charge is 0.360 e. The van der Waals surface area contributed by atoms with Crippen LogP contribution in [0.15, 0.2) is 36.5 Å². The molecule has 34 heavy (non-hydrogen) atoms. The molecule has 0 aromatic heterocycles. The number of alkyl halides is 3. The van der Waals surface area contributed by atoms with Crippen LogP contribution in [0.1, 0.15) is 99.8 Å². The van der Waals surface area contributed by atoms with Crippen molar-refractivity contribution in [3.8, 4) is 0 Å². The van der Waals surface area contributed by atoms with E-state index in [1.807, 2.05) is 52.8 Å². The van der Waals surface area contributed by atoms with Crippen molar-refractivity contribution >= 4 is 58.0 Å². The van der Waals surface area contributed by atoms with E-state index in [2.05, 4.69) is 36.4 Å². The Labute approximate surface area is 230 Å². The smallest absolute Gasteiger partial charge is 0.228 e. The van der Waals surface area contributed by atoms with Crippen molar-refractivity contribution in [2.24, 2.45) is 0 Å². The molecular weight excluding hydrogens is 509 g/mol. The molecule has 0 saturated heterocycles. The number of hydrogen-bond acceptors (Lipinski definition) is 2. The fourth-order valence-electron chi connectivity index (χ4n) is 2.83. The second kappa shape index (κ2) is 25.3. The van der Waals surface area contributed by atoms with Crippen molar-refractivity contribution in [2.45, 2.75) is 116 Å². The van der Waals surface area contributed by atoms with Crippen molar-refractivity contribution in [3.05, 3.63) is 36.5 Å². The van der Waals surface area contributed by atoms with Gasteiger partial charge < -0.3 is 16.0 Å². The fourth-order valence-corrected chi connectivity index (χ4v) is 3.44. The van der Waals surface area contributed by atoms with Crippen LogP contribution in [-0.4, -0.2) is 27.0 Å². The Morgan fingerprint density at radius 1 is 0.971 bits per heavy atom. The van der Waals surface area contributed by atoms with Gasteiger partial charge in [0.2, 0.25) is 9.70 Å². The van der Waals surface area contributed by atoms with Crippen molar-refractivity contribution in [1.29, 1.82) is 0 Å². The van der Waals surface area contributed by atoms with Crippen LogP contribution in [0.4, 0.5) is 0 Å². The fraction of sp³-hybridized carbons (Fsp3) is 0.692. The number of carbonyl (C=O) groups is 1. The molecule has 0 aliphatic rings. The molecule has 0 spiro atoms. The molecule has 0 fully saturated rings. The monoisotopic (exact) mass is 555 g/mol. The molecule has 1 amide bonds. The van der Waals surface area contributed by atoms with Gasteiger partial charge in [0.1, 0.15) is 6.17 Å². The average molecular weight is 557 g/mol. The molecule has 1 unspecified atom stereocenters. The summed E-state index contributed by atoms with van der Waals surface area (Å²) in [6.45, 7) is 17.9. The Morgan fingerprint density at radius 3 is 1.91 bits per heavy atom. The summed E-state index contributed by atoms with van der Waals surface area (Å²) < 4.78 is -1.76. The summed E-state index contributed by atoms with van der Waals surface area (Å²) in [5, 5.41) is 9.37. The van der Waals surface area contributed by atoms with Gasteiger partial charge in [0.05, 0.1) is 0 Å². The van der Waals surface area contributed by atoms with Gasteiger partial charge in [-0.05, 0) is 44.0 Å². The van der Waals surface area contributed by atoms with Crippen LogP contribution in [0.2, 0.25) is 0 Å². The van der Waals surface area contributed by atoms with Gasteiger partial charge in [-0.1, -0.05) is 133 Å². The van der Waals surface area contributed by atoms with Crippen LogP contribution in [-0.2, 0) is 4.79 Å². The summed E-state index contributed by atoms with van der Waals surface area (Å²) in [4.78, 5) is 12.4. The van der Waals surface area contributed by atoms with Crippen molar-refractivity contribution in [2.75, 3.05) is 0 Å². The van der Waals surface area contributed by atoms with E-state index in [1.54, 1.807) is 6.08 Å². The van der Waals surface area contributed by atoms with E-state index in [-0.39, 0.29) is 18.4 Å². The van der Waals surface area contributed by atoms with E-state index in [0.717, 1.165) is 44.1 Å². The van der Waals surface area contributed by atoms with E-state index in [0.29, 0.717) is 11.5 Å². The number of thiocarbonyl (C=S) groups is 1. The molecule has 0 radical (unpaired) electrons. The number of halogens is 3. The maximum Gasteiger partial charge on any atom is 0.228 e. The lowest BCUT2D eigenvalue weighted by molar-refractivity contribution is -0.121. The highest BCUT2D eigenvalue weighted by atomic mass is 35.6. The number of unbranched alkanes of at least 4 members (excludes halogenated alkanes) is 2. The maximum absolute atomic E-state index is 12.4. The Hall–Kier alpha value is -0.750. The molecule has 3 N–H and O–H groups in total. The van der Waals surface area contributed by atoms with Gasteiger partial charge in [-0.3, -0.25) is 4.79 Å². The summed E-state index contributed by atoms with van der Waals surface area (Å²) in [5.41, 5.74) is 0.993. The summed E-state index contributed by atoms with van der Waals surface area (Å²) in [6, 6.07) is 0.254. The molecule has 0 heterocycles.